The van der Waals surface area contributed by atoms with Crippen LogP contribution in [0.2, 0.25) is 0 Å². The minimum absolute atomic E-state index is 0.253. The lowest BCUT2D eigenvalue weighted by Crippen LogP contribution is -2.20. The van der Waals surface area contributed by atoms with Gasteiger partial charge in [0.05, 0.1) is 0 Å². The van der Waals surface area contributed by atoms with Crippen molar-refractivity contribution in [2.24, 2.45) is 0 Å². The summed E-state index contributed by atoms with van der Waals surface area (Å²) in [6.07, 6.45) is 3.46. The SMILES string of the molecule is O=P(O)(O)C(CCCc1ccc(CCCc2ccccc2)cc1)S(=O)(=O)O. The molecule has 0 fully saturated rings. The minimum atomic E-state index is -4.90. The molecule has 148 valence electrons. The second kappa shape index (κ2) is 9.62. The van der Waals surface area contributed by atoms with Crippen molar-refractivity contribution in [2.75, 3.05) is 0 Å². The van der Waals surface area contributed by atoms with E-state index in [1.165, 1.54) is 11.1 Å². The molecule has 2 aromatic carbocycles. The molecule has 2 rings (SSSR count). The van der Waals surface area contributed by atoms with Gasteiger partial charge in [-0.1, -0.05) is 54.6 Å². The van der Waals surface area contributed by atoms with E-state index in [0.29, 0.717) is 6.42 Å². The van der Waals surface area contributed by atoms with Crippen LogP contribution in [0, 0.1) is 0 Å². The molecule has 0 bridgehead atoms. The average Bonchev–Trinajstić information content (AvgIpc) is 2.59. The maximum atomic E-state index is 11.2. The average molecular weight is 412 g/mol. The van der Waals surface area contributed by atoms with Crippen LogP contribution >= 0.6 is 7.60 Å². The van der Waals surface area contributed by atoms with E-state index < -0.39 is 22.7 Å². The number of benzene rings is 2. The third kappa shape index (κ3) is 7.56. The summed E-state index contributed by atoms with van der Waals surface area (Å²) >= 11 is 0. The number of aryl methyl sites for hydroxylation is 3. The van der Waals surface area contributed by atoms with E-state index >= 15 is 0 Å². The molecule has 1 unspecified atom stereocenters. The van der Waals surface area contributed by atoms with Crippen molar-refractivity contribution in [3.63, 3.8) is 0 Å². The zero-order chi connectivity index (χ0) is 19.9. The second-order valence-corrected chi connectivity index (χ2v) is 10.4. The van der Waals surface area contributed by atoms with Gasteiger partial charge in [-0.2, -0.15) is 8.42 Å². The molecule has 2 aromatic rings. The lowest BCUT2D eigenvalue weighted by atomic mass is 10.0. The maximum absolute atomic E-state index is 11.2. The first-order valence-corrected chi connectivity index (χ1v) is 12.0. The third-order valence-corrected chi connectivity index (χ3v) is 7.99. The van der Waals surface area contributed by atoms with Gasteiger partial charge in [0, 0.05) is 0 Å². The van der Waals surface area contributed by atoms with E-state index in [2.05, 4.69) is 12.1 Å². The van der Waals surface area contributed by atoms with Gasteiger partial charge >= 0.3 is 7.60 Å². The molecule has 0 heterocycles. The molecule has 0 aromatic heterocycles. The van der Waals surface area contributed by atoms with Gasteiger partial charge in [0.15, 0.2) is 4.99 Å². The Morgan fingerprint density at radius 3 is 1.67 bits per heavy atom. The van der Waals surface area contributed by atoms with Crippen molar-refractivity contribution >= 4 is 17.7 Å². The Morgan fingerprint density at radius 2 is 1.22 bits per heavy atom. The van der Waals surface area contributed by atoms with Crippen LogP contribution in [0.5, 0.6) is 0 Å². The maximum Gasteiger partial charge on any atom is 0.346 e. The highest BCUT2D eigenvalue weighted by Gasteiger charge is 2.38. The molecule has 0 spiro atoms. The van der Waals surface area contributed by atoms with Crippen molar-refractivity contribution in [3.8, 4) is 0 Å². The Hall–Kier alpha value is -1.50. The molecule has 0 aliphatic heterocycles. The van der Waals surface area contributed by atoms with Crippen LogP contribution in [-0.2, 0) is 33.9 Å². The van der Waals surface area contributed by atoms with Crippen molar-refractivity contribution < 1.29 is 27.3 Å². The Labute approximate surface area is 160 Å². The third-order valence-electron chi connectivity index (χ3n) is 4.43. The first-order chi connectivity index (χ1) is 12.7. The summed E-state index contributed by atoms with van der Waals surface area (Å²) in [6.45, 7) is 0. The monoisotopic (exact) mass is 412 g/mol. The summed E-state index contributed by atoms with van der Waals surface area (Å²) in [5.74, 6) is 0. The summed E-state index contributed by atoms with van der Waals surface area (Å²) in [7, 11) is -9.68. The molecular formula is C19H25O6PS. The van der Waals surface area contributed by atoms with Gasteiger partial charge in [0.2, 0.25) is 0 Å². The Kier molecular flexibility index (Phi) is 7.77. The Bertz CT molecular complexity index is 859. The fraction of sp³-hybridized carbons (Fsp3) is 0.368. The molecule has 0 saturated heterocycles. The summed E-state index contributed by atoms with van der Waals surface area (Å²) in [6, 6.07) is 18.2. The number of hydrogen-bond acceptors (Lipinski definition) is 3. The molecule has 0 amide bonds. The normalized spacial score (nSPS) is 13.4. The minimum Gasteiger partial charge on any atom is -0.323 e. The quantitative estimate of drug-likeness (QED) is 0.406. The molecule has 6 nitrogen and oxygen atoms in total. The van der Waals surface area contributed by atoms with Crippen LogP contribution in [0.3, 0.4) is 0 Å². The van der Waals surface area contributed by atoms with E-state index in [1.807, 2.05) is 42.5 Å². The molecule has 3 N–H and O–H groups in total. The zero-order valence-electron chi connectivity index (χ0n) is 14.9. The first kappa shape index (κ1) is 21.8. The summed E-state index contributed by atoms with van der Waals surface area (Å²) in [5.41, 5.74) is 3.48. The molecule has 0 aliphatic rings. The summed E-state index contributed by atoms with van der Waals surface area (Å²) in [5, 5.41) is 0. The van der Waals surface area contributed by atoms with Crippen molar-refractivity contribution in [2.45, 2.75) is 43.5 Å². The largest absolute Gasteiger partial charge is 0.346 e. The molecule has 27 heavy (non-hydrogen) atoms. The Balaban J connectivity index is 1.80. The first-order valence-electron chi connectivity index (χ1n) is 8.79. The topological polar surface area (TPSA) is 112 Å². The van der Waals surface area contributed by atoms with E-state index in [-0.39, 0.29) is 12.8 Å². The van der Waals surface area contributed by atoms with Crippen LogP contribution in [0.15, 0.2) is 54.6 Å². The molecule has 8 heteroatoms. The van der Waals surface area contributed by atoms with Crippen LogP contribution < -0.4 is 0 Å². The van der Waals surface area contributed by atoms with Gasteiger partial charge in [-0.3, -0.25) is 9.12 Å². The molecule has 0 aliphatic carbocycles. The van der Waals surface area contributed by atoms with Gasteiger partial charge in [-0.05, 0) is 55.2 Å². The van der Waals surface area contributed by atoms with Gasteiger partial charge < -0.3 is 9.79 Å². The van der Waals surface area contributed by atoms with Gasteiger partial charge in [-0.25, -0.2) is 0 Å². The lowest BCUT2D eigenvalue weighted by Gasteiger charge is -2.15. The smallest absolute Gasteiger partial charge is 0.323 e. The van der Waals surface area contributed by atoms with E-state index in [1.54, 1.807) is 0 Å². The van der Waals surface area contributed by atoms with Crippen LogP contribution in [0.25, 0.3) is 0 Å². The van der Waals surface area contributed by atoms with Crippen LogP contribution in [0.1, 0.15) is 36.0 Å². The van der Waals surface area contributed by atoms with E-state index in [4.69, 9.17) is 14.3 Å². The predicted molar refractivity (Wildman–Crippen MR) is 105 cm³/mol. The Morgan fingerprint density at radius 1 is 0.778 bits per heavy atom. The van der Waals surface area contributed by atoms with Crippen molar-refractivity contribution in [1.29, 1.82) is 0 Å². The van der Waals surface area contributed by atoms with E-state index in [0.717, 1.165) is 24.8 Å². The molecule has 1 atom stereocenters. The number of rotatable bonds is 10. The predicted octanol–water partition coefficient (Wildman–Crippen LogP) is 3.58. The highest BCUT2D eigenvalue weighted by molar-refractivity contribution is 7.93. The van der Waals surface area contributed by atoms with Gasteiger partial charge in [0.25, 0.3) is 10.1 Å². The standard InChI is InChI=1S/C19H25O6PS/c20-26(21,22)19(27(23,24)25)11-5-10-18-14-12-17(13-15-18)9-4-8-16-6-2-1-3-7-16/h1-3,6-7,12-15,19H,4-5,8-11H2,(H2,20,21,22)(H,23,24,25). The second-order valence-electron chi connectivity index (χ2n) is 6.61. The van der Waals surface area contributed by atoms with Gasteiger partial charge in [-0.15, -0.1) is 0 Å². The summed E-state index contributed by atoms with van der Waals surface area (Å²) < 4.78 is 42.5. The fourth-order valence-electron chi connectivity index (χ4n) is 2.99. The van der Waals surface area contributed by atoms with Crippen molar-refractivity contribution in [1.82, 2.24) is 0 Å². The number of hydrogen-bond donors (Lipinski definition) is 3. The molecule has 0 radical (unpaired) electrons. The molecular weight excluding hydrogens is 387 g/mol. The highest BCUT2D eigenvalue weighted by atomic mass is 32.2. The fourth-order valence-corrected chi connectivity index (χ4v) is 5.36. The lowest BCUT2D eigenvalue weighted by molar-refractivity contribution is 0.360. The van der Waals surface area contributed by atoms with E-state index in [9.17, 15) is 13.0 Å². The van der Waals surface area contributed by atoms with Crippen molar-refractivity contribution in [3.05, 3.63) is 71.3 Å². The summed E-state index contributed by atoms with van der Waals surface area (Å²) in [4.78, 5) is 16.1. The van der Waals surface area contributed by atoms with Crippen LogP contribution in [-0.4, -0.2) is 27.7 Å². The zero-order valence-corrected chi connectivity index (χ0v) is 16.6. The van der Waals surface area contributed by atoms with Crippen LogP contribution in [0.4, 0.5) is 0 Å². The van der Waals surface area contributed by atoms with Gasteiger partial charge in [0.1, 0.15) is 0 Å². The molecule has 0 saturated carbocycles. The highest BCUT2D eigenvalue weighted by Crippen LogP contribution is 2.46.